The van der Waals surface area contributed by atoms with E-state index < -0.39 is 0 Å². The maximum absolute atomic E-state index is 12.3. The van der Waals surface area contributed by atoms with Crippen molar-refractivity contribution in [2.24, 2.45) is 0 Å². The Balaban J connectivity index is 1.65. The number of hydrogen-bond acceptors (Lipinski definition) is 5. The molecule has 24 heavy (non-hydrogen) atoms. The van der Waals surface area contributed by atoms with Gasteiger partial charge in [-0.05, 0) is 19.1 Å². The number of thiazole rings is 1. The predicted octanol–water partition coefficient (Wildman–Crippen LogP) is 2.28. The van der Waals surface area contributed by atoms with E-state index >= 15 is 0 Å². The van der Waals surface area contributed by atoms with Gasteiger partial charge in [0.1, 0.15) is 5.69 Å². The first kappa shape index (κ1) is 16.3. The van der Waals surface area contributed by atoms with Crippen LogP contribution in [-0.2, 0) is 17.8 Å². The van der Waals surface area contributed by atoms with E-state index in [1.807, 2.05) is 36.6 Å². The van der Waals surface area contributed by atoms with Crippen LogP contribution in [0.15, 0.2) is 34.4 Å². The molecule has 0 unspecified atom stereocenters. The summed E-state index contributed by atoms with van der Waals surface area (Å²) in [4.78, 5) is 37.5. The molecule has 0 atom stereocenters. The third-order valence-corrected chi connectivity index (χ3v) is 4.56. The van der Waals surface area contributed by atoms with Crippen molar-refractivity contribution in [2.45, 2.75) is 26.3 Å². The molecule has 2 heterocycles. The van der Waals surface area contributed by atoms with E-state index in [4.69, 9.17) is 0 Å². The fourth-order valence-corrected chi connectivity index (χ4v) is 3.07. The normalized spacial score (nSPS) is 10.9. The smallest absolute Gasteiger partial charge is 0.270 e. The first-order valence-electron chi connectivity index (χ1n) is 7.66. The van der Waals surface area contributed by atoms with Gasteiger partial charge >= 0.3 is 0 Å². The maximum Gasteiger partial charge on any atom is 0.270 e. The molecule has 0 spiro atoms. The Labute approximate surface area is 143 Å². The molecule has 0 bridgehead atoms. The predicted molar refractivity (Wildman–Crippen MR) is 94.0 cm³/mol. The number of carbonyl (C=O) groups is 1. The molecule has 0 aliphatic rings. The van der Waals surface area contributed by atoms with Crippen LogP contribution in [0.4, 0.5) is 0 Å². The molecule has 0 aliphatic carbocycles. The SMILES string of the molecule is Cc1nc(CN(C)C(=O)CCc2nc3ccccc3[nH]c2=O)cs1. The van der Waals surface area contributed by atoms with Crippen molar-refractivity contribution in [1.82, 2.24) is 19.9 Å². The number of nitrogens with one attached hydrogen (secondary N) is 1. The fraction of sp³-hybridized carbons (Fsp3) is 0.294. The van der Waals surface area contributed by atoms with Crippen molar-refractivity contribution >= 4 is 28.3 Å². The summed E-state index contributed by atoms with van der Waals surface area (Å²) >= 11 is 1.57. The van der Waals surface area contributed by atoms with Gasteiger partial charge in [-0.15, -0.1) is 11.3 Å². The second kappa shape index (κ2) is 6.92. The molecular formula is C17H18N4O2S. The molecule has 1 aromatic carbocycles. The zero-order valence-electron chi connectivity index (χ0n) is 13.6. The monoisotopic (exact) mass is 342 g/mol. The minimum atomic E-state index is -0.237. The van der Waals surface area contributed by atoms with Crippen LogP contribution in [0.5, 0.6) is 0 Å². The van der Waals surface area contributed by atoms with E-state index in [-0.39, 0.29) is 17.9 Å². The van der Waals surface area contributed by atoms with Crippen LogP contribution in [-0.4, -0.2) is 32.8 Å². The summed E-state index contributed by atoms with van der Waals surface area (Å²) in [6.07, 6.45) is 0.563. The molecule has 0 saturated heterocycles. The first-order valence-corrected chi connectivity index (χ1v) is 8.54. The fourth-order valence-electron chi connectivity index (χ4n) is 2.47. The Morgan fingerprint density at radius 3 is 2.83 bits per heavy atom. The molecule has 2 aromatic heterocycles. The van der Waals surface area contributed by atoms with Gasteiger partial charge in [-0.2, -0.15) is 0 Å². The molecule has 0 saturated carbocycles. The van der Waals surface area contributed by atoms with Gasteiger partial charge in [0.15, 0.2) is 0 Å². The lowest BCUT2D eigenvalue weighted by Gasteiger charge is -2.15. The number of aryl methyl sites for hydroxylation is 2. The Bertz CT molecular complexity index is 931. The van der Waals surface area contributed by atoms with E-state index in [1.54, 1.807) is 23.3 Å². The Hall–Kier alpha value is -2.54. The maximum atomic E-state index is 12.3. The van der Waals surface area contributed by atoms with Crippen molar-refractivity contribution in [2.75, 3.05) is 7.05 Å². The number of aromatic nitrogens is 3. The highest BCUT2D eigenvalue weighted by molar-refractivity contribution is 7.09. The average molecular weight is 342 g/mol. The molecule has 3 rings (SSSR count). The van der Waals surface area contributed by atoms with Crippen molar-refractivity contribution in [3.63, 3.8) is 0 Å². The van der Waals surface area contributed by atoms with Crippen LogP contribution in [0.1, 0.15) is 22.8 Å². The first-order chi connectivity index (χ1) is 11.5. The highest BCUT2D eigenvalue weighted by Gasteiger charge is 2.13. The van der Waals surface area contributed by atoms with E-state index in [0.717, 1.165) is 16.2 Å². The summed E-state index contributed by atoms with van der Waals surface area (Å²) in [5.41, 5.74) is 2.47. The number of fused-ring (bicyclic) bond motifs is 1. The average Bonchev–Trinajstić information content (AvgIpc) is 2.97. The quantitative estimate of drug-likeness (QED) is 0.771. The van der Waals surface area contributed by atoms with Crippen LogP contribution in [0.3, 0.4) is 0 Å². The van der Waals surface area contributed by atoms with E-state index in [9.17, 15) is 9.59 Å². The summed E-state index contributed by atoms with van der Waals surface area (Å²) in [6, 6.07) is 7.36. The summed E-state index contributed by atoms with van der Waals surface area (Å²) in [5.74, 6) is -0.0324. The molecule has 0 radical (unpaired) electrons. The van der Waals surface area contributed by atoms with Gasteiger partial charge in [-0.25, -0.2) is 9.97 Å². The lowest BCUT2D eigenvalue weighted by molar-refractivity contribution is -0.130. The standard InChI is InChI=1S/C17H18N4O2S/c1-11-18-12(10-24-11)9-21(2)16(22)8-7-15-17(23)20-14-6-4-3-5-13(14)19-15/h3-6,10H,7-9H2,1-2H3,(H,20,23). The number of rotatable bonds is 5. The van der Waals surface area contributed by atoms with Gasteiger partial charge < -0.3 is 9.88 Å². The number of amides is 1. The Kier molecular flexibility index (Phi) is 4.71. The number of nitrogens with zero attached hydrogens (tertiary/aromatic N) is 3. The van der Waals surface area contributed by atoms with E-state index in [1.165, 1.54) is 0 Å². The zero-order valence-corrected chi connectivity index (χ0v) is 14.4. The van der Waals surface area contributed by atoms with Crippen LogP contribution >= 0.6 is 11.3 Å². The number of carbonyl (C=O) groups excluding carboxylic acids is 1. The van der Waals surface area contributed by atoms with E-state index in [0.29, 0.717) is 24.2 Å². The highest BCUT2D eigenvalue weighted by atomic mass is 32.1. The third-order valence-electron chi connectivity index (χ3n) is 3.74. The summed E-state index contributed by atoms with van der Waals surface area (Å²) in [7, 11) is 1.75. The zero-order chi connectivity index (χ0) is 17.1. The third kappa shape index (κ3) is 3.68. The van der Waals surface area contributed by atoms with Crippen LogP contribution in [0.25, 0.3) is 11.0 Å². The minimum absolute atomic E-state index is 0.0324. The number of benzene rings is 1. The number of hydrogen-bond donors (Lipinski definition) is 1. The minimum Gasteiger partial charge on any atom is -0.340 e. The lowest BCUT2D eigenvalue weighted by atomic mass is 10.2. The van der Waals surface area contributed by atoms with Gasteiger partial charge in [0.05, 0.1) is 28.3 Å². The summed E-state index contributed by atoms with van der Waals surface area (Å²) < 4.78 is 0. The second-order valence-electron chi connectivity index (χ2n) is 5.64. The molecule has 6 nitrogen and oxygen atoms in total. The second-order valence-corrected chi connectivity index (χ2v) is 6.70. The molecule has 0 fully saturated rings. The lowest BCUT2D eigenvalue weighted by Crippen LogP contribution is -2.27. The largest absolute Gasteiger partial charge is 0.340 e. The molecule has 3 aromatic rings. The molecule has 0 aliphatic heterocycles. The molecule has 7 heteroatoms. The van der Waals surface area contributed by atoms with Gasteiger partial charge in [0.2, 0.25) is 5.91 Å². The van der Waals surface area contributed by atoms with Crippen molar-refractivity contribution in [1.29, 1.82) is 0 Å². The molecular weight excluding hydrogens is 324 g/mol. The molecule has 124 valence electrons. The van der Waals surface area contributed by atoms with Crippen molar-refractivity contribution < 1.29 is 4.79 Å². The van der Waals surface area contributed by atoms with Gasteiger partial charge in [0.25, 0.3) is 5.56 Å². The van der Waals surface area contributed by atoms with Gasteiger partial charge in [-0.1, -0.05) is 12.1 Å². The molecule has 1 N–H and O–H groups in total. The number of H-pyrrole nitrogens is 1. The van der Waals surface area contributed by atoms with E-state index in [2.05, 4.69) is 15.0 Å². The van der Waals surface area contributed by atoms with Crippen molar-refractivity contribution in [3.05, 3.63) is 56.4 Å². The molecule has 1 amide bonds. The van der Waals surface area contributed by atoms with Crippen molar-refractivity contribution in [3.8, 4) is 0 Å². The summed E-state index contributed by atoms with van der Waals surface area (Å²) in [5, 5.41) is 2.94. The number of para-hydroxylation sites is 2. The van der Waals surface area contributed by atoms with Crippen LogP contribution in [0, 0.1) is 6.92 Å². The highest BCUT2D eigenvalue weighted by Crippen LogP contribution is 2.11. The summed E-state index contributed by atoms with van der Waals surface area (Å²) in [6.45, 7) is 2.42. The van der Waals surface area contributed by atoms with Gasteiger partial charge in [0, 0.05) is 25.3 Å². The van der Waals surface area contributed by atoms with Gasteiger partial charge in [-0.3, -0.25) is 9.59 Å². The van der Waals surface area contributed by atoms with Crippen LogP contribution < -0.4 is 5.56 Å². The number of aromatic amines is 1. The van der Waals surface area contributed by atoms with Crippen LogP contribution in [0.2, 0.25) is 0 Å². The Morgan fingerprint density at radius 1 is 1.29 bits per heavy atom. The Morgan fingerprint density at radius 2 is 2.08 bits per heavy atom. The topological polar surface area (TPSA) is 79.0 Å².